The van der Waals surface area contributed by atoms with Gasteiger partial charge in [-0.1, -0.05) is 240 Å². The number of allylic oxidation sites excluding steroid dienone is 14. The van der Waals surface area contributed by atoms with Gasteiger partial charge in [0.1, 0.15) is 30.5 Å². The molecule has 0 bridgehead atoms. The fourth-order valence-corrected chi connectivity index (χ4v) is 8.25. The first-order chi connectivity index (χ1) is 33.9. The summed E-state index contributed by atoms with van der Waals surface area (Å²) in [5.41, 5.74) is 0. The molecule has 1 fully saturated rings. The highest BCUT2D eigenvalue weighted by Gasteiger charge is 2.44. The maximum atomic E-state index is 12.8. The highest BCUT2D eigenvalue weighted by molar-refractivity contribution is 5.69. The summed E-state index contributed by atoms with van der Waals surface area (Å²) in [6, 6.07) is 0. The Morgan fingerprint density at radius 2 is 0.870 bits per heavy atom. The second kappa shape index (κ2) is 50.3. The first-order valence-corrected chi connectivity index (χ1v) is 28.2. The maximum Gasteiger partial charge on any atom is 0.306 e. The van der Waals surface area contributed by atoms with E-state index in [0.29, 0.717) is 13.0 Å². The molecule has 1 aliphatic heterocycles. The van der Waals surface area contributed by atoms with Crippen LogP contribution in [0.15, 0.2) is 85.1 Å². The van der Waals surface area contributed by atoms with Crippen molar-refractivity contribution in [2.45, 2.75) is 263 Å². The van der Waals surface area contributed by atoms with E-state index in [9.17, 15) is 25.2 Å². The van der Waals surface area contributed by atoms with Crippen molar-refractivity contribution >= 4 is 5.97 Å². The Balaban J connectivity index is 2.22. The molecule has 0 spiro atoms. The van der Waals surface area contributed by atoms with Gasteiger partial charge in [-0.05, 0) is 64.2 Å². The third-order valence-corrected chi connectivity index (χ3v) is 12.6. The minimum atomic E-state index is -1.55. The molecule has 6 unspecified atom stereocenters. The molecule has 398 valence electrons. The smallest absolute Gasteiger partial charge is 0.306 e. The van der Waals surface area contributed by atoms with Crippen LogP contribution in [0.5, 0.6) is 0 Å². The van der Waals surface area contributed by atoms with E-state index in [2.05, 4.69) is 98.9 Å². The van der Waals surface area contributed by atoms with E-state index < -0.39 is 43.4 Å². The van der Waals surface area contributed by atoms with Gasteiger partial charge in [0.2, 0.25) is 0 Å². The summed E-state index contributed by atoms with van der Waals surface area (Å²) in [5, 5.41) is 40.3. The Labute approximate surface area is 422 Å². The van der Waals surface area contributed by atoms with E-state index in [4.69, 9.17) is 18.9 Å². The average Bonchev–Trinajstić information content (AvgIpc) is 3.35. The van der Waals surface area contributed by atoms with Crippen LogP contribution in [-0.2, 0) is 23.7 Å². The first kappa shape index (κ1) is 64.4. The molecule has 0 saturated carbocycles. The van der Waals surface area contributed by atoms with Gasteiger partial charge in [0, 0.05) is 13.0 Å². The molecule has 0 aliphatic carbocycles. The maximum absolute atomic E-state index is 12.8. The minimum absolute atomic E-state index is 0.119. The van der Waals surface area contributed by atoms with Crippen molar-refractivity contribution in [3.63, 3.8) is 0 Å². The zero-order chi connectivity index (χ0) is 49.9. The van der Waals surface area contributed by atoms with Crippen LogP contribution in [0.2, 0.25) is 0 Å². The van der Waals surface area contributed by atoms with E-state index in [-0.39, 0.29) is 25.6 Å². The number of carbonyl (C=O) groups is 1. The van der Waals surface area contributed by atoms with Gasteiger partial charge in [-0.15, -0.1) is 0 Å². The topological polar surface area (TPSA) is 135 Å². The van der Waals surface area contributed by atoms with Gasteiger partial charge in [0.25, 0.3) is 0 Å². The van der Waals surface area contributed by atoms with Gasteiger partial charge < -0.3 is 39.4 Å². The Bertz CT molecular complexity index is 1330. The van der Waals surface area contributed by atoms with Crippen molar-refractivity contribution in [1.29, 1.82) is 0 Å². The fraction of sp³-hybridized carbons (Fsp3) is 0.750. The molecular weight excluding hydrogens is 865 g/mol. The molecule has 4 N–H and O–H groups in total. The van der Waals surface area contributed by atoms with Gasteiger partial charge in [0.15, 0.2) is 6.29 Å². The lowest BCUT2D eigenvalue weighted by atomic mass is 9.99. The summed E-state index contributed by atoms with van der Waals surface area (Å²) in [5.74, 6) is -0.369. The molecule has 69 heavy (non-hydrogen) atoms. The van der Waals surface area contributed by atoms with Gasteiger partial charge in [0.05, 0.1) is 19.8 Å². The second-order valence-corrected chi connectivity index (χ2v) is 19.0. The number of hydrogen-bond acceptors (Lipinski definition) is 9. The van der Waals surface area contributed by atoms with Gasteiger partial charge >= 0.3 is 5.97 Å². The average molecular weight is 969 g/mol. The molecular formula is C60H104O9. The molecule has 6 atom stereocenters. The number of esters is 1. The number of ether oxygens (including phenoxy) is 4. The van der Waals surface area contributed by atoms with Crippen LogP contribution in [0.4, 0.5) is 0 Å². The van der Waals surface area contributed by atoms with E-state index in [1.807, 2.05) is 0 Å². The van der Waals surface area contributed by atoms with Crippen molar-refractivity contribution in [2.75, 3.05) is 26.4 Å². The molecule has 1 saturated heterocycles. The van der Waals surface area contributed by atoms with Crippen LogP contribution in [0.25, 0.3) is 0 Å². The molecule has 0 aromatic carbocycles. The van der Waals surface area contributed by atoms with Crippen molar-refractivity contribution in [3.8, 4) is 0 Å². The molecule has 0 aromatic rings. The first-order valence-electron chi connectivity index (χ1n) is 28.2. The fourth-order valence-electron chi connectivity index (χ4n) is 8.25. The molecule has 0 amide bonds. The standard InChI is InChI=1S/C60H104O9/c1-3-5-7-9-11-13-15-17-19-21-23-25-27-29-31-33-35-37-39-41-43-45-47-49-56(62)68-54(53-67-60-59(65)58(64)57(63)55(51-61)69-60)52-66-50-48-46-44-42-40-38-36-34-32-30-28-26-24-22-20-18-16-14-12-10-8-6-4-2/h5,7,11,13,17,19,23,25,29,31,35,37,41,43,54-55,57-61,63-65H,3-4,6,8-10,12,14-16,18,20-22,24,26-28,30,32-34,36,38-40,42,44-53H2,1-2H3/b7-5-,13-11-,19-17-,25-23-,31-29-,37-35-,43-41-. The quantitative estimate of drug-likeness (QED) is 0.0267. The number of carbonyl (C=O) groups excluding carboxylic acids is 1. The number of unbranched alkanes of at least 4 members (excludes halogenated alkanes) is 23. The normalized spacial score (nSPS) is 19.7. The summed E-state index contributed by atoms with van der Waals surface area (Å²) in [6.45, 7) is 4.40. The third kappa shape index (κ3) is 40.6. The Hall–Kier alpha value is -2.63. The van der Waals surface area contributed by atoms with Crippen molar-refractivity contribution < 1.29 is 44.2 Å². The molecule has 1 heterocycles. The van der Waals surface area contributed by atoms with E-state index in [1.54, 1.807) is 0 Å². The molecule has 9 nitrogen and oxygen atoms in total. The molecule has 1 rings (SSSR count). The Morgan fingerprint density at radius 1 is 0.478 bits per heavy atom. The van der Waals surface area contributed by atoms with E-state index in [0.717, 1.165) is 64.2 Å². The minimum Gasteiger partial charge on any atom is -0.457 e. The monoisotopic (exact) mass is 969 g/mol. The lowest BCUT2D eigenvalue weighted by Gasteiger charge is -2.39. The van der Waals surface area contributed by atoms with Crippen molar-refractivity contribution in [2.24, 2.45) is 0 Å². The van der Waals surface area contributed by atoms with Gasteiger partial charge in [-0.2, -0.15) is 0 Å². The second-order valence-electron chi connectivity index (χ2n) is 19.0. The molecule has 9 heteroatoms. The number of hydrogen-bond donors (Lipinski definition) is 4. The highest BCUT2D eigenvalue weighted by Crippen LogP contribution is 2.23. The van der Waals surface area contributed by atoms with Crippen molar-refractivity contribution in [3.05, 3.63) is 85.1 Å². The number of aliphatic hydroxyl groups is 4. The van der Waals surface area contributed by atoms with Crippen LogP contribution in [0.3, 0.4) is 0 Å². The predicted molar refractivity (Wildman–Crippen MR) is 288 cm³/mol. The Kier molecular flexibility index (Phi) is 47.0. The molecule has 1 aliphatic rings. The SMILES string of the molecule is CC/C=C\C/C=C\C/C=C\C/C=C\C/C=C\C/C=C\C/C=C\CCCC(=O)OC(COCCCCCCCCCCCCCCCCCCCCCCCCC)COC1OC(CO)C(O)C(O)C1O. The summed E-state index contributed by atoms with van der Waals surface area (Å²) >= 11 is 0. The summed E-state index contributed by atoms with van der Waals surface area (Å²) in [4.78, 5) is 12.8. The van der Waals surface area contributed by atoms with Crippen LogP contribution in [0, 0.1) is 0 Å². The van der Waals surface area contributed by atoms with Crippen LogP contribution >= 0.6 is 0 Å². The largest absolute Gasteiger partial charge is 0.457 e. The molecule has 0 aromatic heterocycles. The van der Waals surface area contributed by atoms with Crippen LogP contribution in [-0.4, -0.2) is 89.6 Å². The third-order valence-electron chi connectivity index (χ3n) is 12.6. The van der Waals surface area contributed by atoms with Crippen molar-refractivity contribution in [1.82, 2.24) is 0 Å². The predicted octanol–water partition coefficient (Wildman–Crippen LogP) is 14.5. The zero-order valence-electron chi connectivity index (χ0n) is 44.0. The molecule has 0 radical (unpaired) electrons. The summed E-state index contributed by atoms with van der Waals surface area (Å²) in [6.07, 6.45) is 62.1. The lowest BCUT2D eigenvalue weighted by molar-refractivity contribution is -0.305. The van der Waals surface area contributed by atoms with E-state index in [1.165, 1.54) is 135 Å². The van der Waals surface area contributed by atoms with Gasteiger partial charge in [-0.3, -0.25) is 4.79 Å². The number of rotatable bonds is 48. The lowest BCUT2D eigenvalue weighted by Crippen LogP contribution is -2.59. The highest BCUT2D eigenvalue weighted by atomic mass is 16.7. The Morgan fingerprint density at radius 3 is 1.28 bits per heavy atom. The van der Waals surface area contributed by atoms with Crippen LogP contribution < -0.4 is 0 Å². The number of aliphatic hydroxyl groups excluding tert-OH is 4. The van der Waals surface area contributed by atoms with Crippen LogP contribution in [0.1, 0.15) is 226 Å². The zero-order valence-corrected chi connectivity index (χ0v) is 44.0. The van der Waals surface area contributed by atoms with E-state index >= 15 is 0 Å². The summed E-state index contributed by atoms with van der Waals surface area (Å²) < 4.78 is 22.9. The summed E-state index contributed by atoms with van der Waals surface area (Å²) in [7, 11) is 0. The van der Waals surface area contributed by atoms with Gasteiger partial charge in [-0.25, -0.2) is 0 Å².